The summed E-state index contributed by atoms with van der Waals surface area (Å²) in [6, 6.07) is 0. The van der Waals surface area contributed by atoms with E-state index in [1.54, 1.807) is 11.9 Å². The highest BCUT2D eigenvalue weighted by atomic mass is 16.2. The largest absolute Gasteiger partial charge is 0.338 e. The molecular formula is C12H18N4O. The normalized spacial score (nSPS) is 18.6. The third-order valence-electron chi connectivity index (χ3n) is 3.00. The maximum Gasteiger partial charge on any atom is 0.223 e. The first-order chi connectivity index (χ1) is 8.15. The lowest BCUT2D eigenvalue weighted by Crippen LogP contribution is -2.28. The van der Waals surface area contributed by atoms with E-state index in [0.717, 1.165) is 18.7 Å². The Morgan fingerprint density at radius 3 is 3.06 bits per heavy atom. The molecule has 0 fully saturated rings. The molecule has 1 aromatic rings. The summed E-state index contributed by atoms with van der Waals surface area (Å²) in [6.07, 6.45) is 7.08. The quantitative estimate of drug-likeness (QED) is 0.802. The highest BCUT2D eigenvalue weighted by molar-refractivity contribution is 5.76. The van der Waals surface area contributed by atoms with Crippen molar-refractivity contribution in [3.8, 4) is 0 Å². The van der Waals surface area contributed by atoms with Crippen molar-refractivity contribution >= 4 is 5.91 Å². The van der Waals surface area contributed by atoms with E-state index in [4.69, 9.17) is 0 Å². The number of hydrogen-bond donors (Lipinski definition) is 1. The lowest BCUT2D eigenvalue weighted by atomic mass is 10.0. The van der Waals surface area contributed by atoms with Crippen molar-refractivity contribution in [1.29, 1.82) is 0 Å². The molecule has 5 nitrogen and oxygen atoms in total. The van der Waals surface area contributed by atoms with Crippen LogP contribution < -0.4 is 0 Å². The number of allylic oxidation sites excluding steroid dienone is 2. The molecule has 1 amide bonds. The Bertz CT molecular complexity index is 424. The SMILES string of the molecule is Cc1nc(CN(C)C(=O)CC2C=CCC2)n[nH]1. The molecule has 0 saturated heterocycles. The number of hydrogen-bond acceptors (Lipinski definition) is 3. The summed E-state index contributed by atoms with van der Waals surface area (Å²) >= 11 is 0. The Morgan fingerprint density at radius 2 is 2.47 bits per heavy atom. The van der Waals surface area contributed by atoms with Gasteiger partial charge in [-0.15, -0.1) is 0 Å². The van der Waals surface area contributed by atoms with Gasteiger partial charge in [0.15, 0.2) is 5.82 Å². The molecule has 2 rings (SSSR count). The van der Waals surface area contributed by atoms with Gasteiger partial charge in [0.1, 0.15) is 5.82 Å². The smallest absolute Gasteiger partial charge is 0.223 e. The van der Waals surface area contributed by atoms with E-state index in [-0.39, 0.29) is 5.91 Å². The fourth-order valence-electron chi connectivity index (χ4n) is 2.01. The molecule has 1 aliphatic carbocycles. The number of carbonyl (C=O) groups excluding carboxylic acids is 1. The zero-order chi connectivity index (χ0) is 12.3. The van der Waals surface area contributed by atoms with Gasteiger partial charge in [0.25, 0.3) is 0 Å². The lowest BCUT2D eigenvalue weighted by Gasteiger charge is -2.17. The van der Waals surface area contributed by atoms with Gasteiger partial charge in [-0.2, -0.15) is 5.10 Å². The van der Waals surface area contributed by atoms with Gasteiger partial charge in [-0.3, -0.25) is 9.89 Å². The summed E-state index contributed by atoms with van der Waals surface area (Å²) < 4.78 is 0. The fraction of sp³-hybridized carbons (Fsp3) is 0.583. The molecule has 0 saturated carbocycles. The van der Waals surface area contributed by atoms with E-state index < -0.39 is 0 Å². The van der Waals surface area contributed by atoms with E-state index >= 15 is 0 Å². The Balaban J connectivity index is 1.84. The molecule has 1 aliphatic rings. The number of carbonyl (C=O) groups is 1. The zero-order valence-corrected chi connectivity index (χ0v) is 10.3. The van der Waals surface area contributed by atoms with Gasteiger partial charge in [-0.05, 0) is 25.7 Å². The number of amides is 1. The minimum absolute atomic E-state index is 0.156. The summed E-state index contributed by atoms with van der Waals surface area (Å²) in [4.78, 5) is 17.8. The standard InChI is InChI=1S/C12H18N4O/c1-9-13-11(15-14-9)8-16(2)12(17)7-10-5-3-4-6-10/h3,5,10H,4,6-8H2,1-2H3,(H,13,14,15). The zero-order valence-electron chi connectivity index (χ0n) is 10.3. The van der Waals surface area contributed by atoms with Gasteiger partial charge in [-0.1, -0.05) is 12.2 Å². The number of nitrogens with one attached hydrogen (secondary N) is 1. The molecule has 1 N–H and O–H groups in total. The van der Waals surface area contributed by atoms with E-state index in [2.05, 4.69) is 27.3 Å². The monoisotopic (exact) mass is 234 g/mol. The second kappa shape index (κ2) is 5.12. The maximum absolute atomic E-state index is 11.9. The minimum Gasteiger partial charge on any atom is -0.338 e. The number of aryl methyl sites for hydroxylation is 1. The van der Waals surface area contributed by atoms with Crippen LogP contribution in [0.1, 0.15) is 30.9 Å². The van der Waals surface area contributed by atoms with Crippen LogP contribution in [0.4, 0.5) is 0 Å². The molecule has 1 heterocycles. The van der Waals surface area contributed by atoms with Crippen LogP contribution in [0, 0.1) is 12.8 Å². The van der Waals surface area contributed by atoms with Crippen LogP contribution in [-0.4, -0.2) is 33.0 Å². The number of nitrogens with zero attached hydrogens (tertiary/aromatic N) is 3. The molecule has 1 aromatic heterocycles. The van der Waals surface area contributed by atoms with Crippen molar-refractivity contribution in [3.05, 3.63) is 23.8 Å². The third kappa shape index (κ3) is 3.15. The average Bonchev–Trinajstić information content (AvgIpc) is 2.90. The van der Waals surface area contributed by atoms with Crippen molar-refractivity contribution in [2.24, 2.45) is 5.92 Å². The van der Waals surface area contributed by atoms with Crippen LogP contribution in [0.5, 0.6) is 0 Å². The second-order valence-electron chi connectivity index (χ2n) is 4.56. The van der Waals surface area contributed by atoms with Crippen LogP contribution >= 0.6 is 0 Å². The van der Waals surface area contributed by atoms with Crippen LogP contribution in [0.25, 0.3) is 0 Å². The first-order valence-corrected chi connectivity index (χ1v) is 5.93. The predicted molar refractivity (Wildman–Crippen MR) is 64.1 cm³/mol. The van der Waals surface area contributed by atoms with E-state index in [1.165, 1.54) is 0 Å². The van der Waals surface area contributed by atoms with E-state index in [9.17, 15) is 4.79 Å². The number of rotatable bonds is 4. The third-order valence-corrected chi connectivity index (χ3v) is 3.00. The van der Waals surface area contributed by atoms with Crippen LogP contribution in [0.3, 0.4) is 0 Å². The maximum atomic E-state index is 11.9. The Labute approximate surface area is 101 Å². The fourth-order valence-corrected chi connectivity index (χ4v) is 2.01. The number of H-pyrrole nitrogens is 1. The van der Waals surface area contributed by atoms with Gasteiger partial charge < -0.3 is 4.90 Å². The second-order valence-corrected chi connectivity index (χ2v) is 4.56. The molecule has 92 valence electrons. The Morgan fingerprint density at radius 1 is 1.65 bits per heavy atom. The molecule has 0 radical (unpaired) electrons. The van der Waals surface area contributed by atoms with E-state index in [1.807, 2.05) is 6.92 Å². The summed E-state index contributed by atoms with van der Waals surface area (Å²) in [5.41, 5.74) is 0. The molecule has 0 bridgehead atoms. The van der Waals surface area contributed by atoms with Crippen LogP contribution in [-0.2, 0) is 11.3 Å². The molecule has 0 aliphatic heterocycles. The predicted octanol–water partition coefficient (Wildman–Crippen LogP) is 1.43. The number of aromatic amines is 1. The Kier molecular flexibility index (Phi) is 3.56. The lowest BCUT2D eigenvalue weighted by molar-refractivity contribution is -0.131. The summed E-state index contributed by atoms with van der Waals surface area (Å²) in [5, 5.41) is 6.80. The molecule has 1 atom stereocenters. The number of aromatic nitrogens is 3. The highest BCUT2D eigenvalue weighted by Gasteiger charge is 2.17. The molecular weight excluding hydrogens is 216 g/mol. The molecule has 1 unspecified atom stereocenters. The molecule has 0 aromatic carbocycles. The van der Waals surface area contributed by atoms with Crippen LogP contribution in [0.15, 0.2) is 12.2 Å². The average molecular weight is 234 g/mol. The summed E-state index contributed by atoms with van der Waals surface area (Å²) in [5.74, 6) is 2.02. The van der Waals surface area contributed by atoms with Gasteiger partial charge in [0.2, 0.25) is 5.91 Å². The molecule has 17 heavy (non-hydrogen) atoms. The van der Waals surface area contributed by atoms with Crippen molar-refractivity contribution in [3.63, 3.8) is 0 Å². The molecule has 5 heteroatoms. The molecule has 0 spiro atoms. The van der Waals surface area contributed by atoms with Gasteiger partial charge in [0.05, 0.1) is 6.54 Å². The van der Waals surface area contributed by atoms with Crippen molar-refractivity contribution < 1.29 is 4.79 Å². The van der Waals surface area contributed by atoms with Gasteiger partial charge in [-0.25, -0.2) is 4.98 Å². The summed E-state index contributed by atoms with van der Waals surface area (Å²) in [7, 11) is 1.80. The van der Waals surface area contributed by atoms with E-state index in [0.29, 0.717) is 24.7 Å². The van der Waals surface area contributed by atoms with Crippen molar-refractivity contribution in [2.45, 2.75) is 32.7 Å². The topological polar surface area (TPSA) is 61.9 Å². The summed E-state index contributed by atoms with van der Waals surface area (Å²) in [6.45, 7) is 2.32. The van der Waals surface area contributed by atoms with Crippen molar-refractivity contribution in [1.82, 2.24) is 20.1 Å². The first kappa shape index (κ1) is 11.8. The van der Waals surface area contributed by atoms with Crippen LogP contribution in [0.2, 0.25) is 0 Å². The highest BCUT2D eigenvalue weighted by Crippen LogP contribution is 2.21. The first-order valence-electron chi connectivity index (χ1n) is 5.93. The van der Waals surface area contributed by atoms with Gasteiger partial charge >= 0.3 is 0 Å². The van der Waals surface area contributed by atoms with Crippen molar-refractivity contribution in [2.75, 3.05) is 7.05 Å². The minimum atomic E-state index is 0.156. The Hall–Kier alpha value is -1.65. The van der Waals surface area contributed by atoms with Gasteiger partial charge in [0, 0.05) is 13.5 Å².